The molecule has 4 heteroatoms. The van der Waals surface area contributed by atoms with Gasteiger partial charge in [-0.15, -0.1) is 11.3 Å². The van der Waals surface area contributed by atoms with Gasteiger partial charge in [0.1, 0.15) is 18.8 Å². The van der Waals surface area contributed by atoms with Crippen molar-refractivity contribution in [3.63, 3.8) is 0 Å². The molecule has 0 bridgehead atoms. The third kappa shape index (κ3) is 3.83. The highest BCUT2D eigenvalue weighted by molar-refractivity contribution is 9.10. The number of benzene rings is 1. The quantitative estimate of drug-likeness (QED) is 0.866. The maximum atomic E-state index is 5.64. The SMILES string of the molecule is CCOc1ccc(Br)cc1C[NH2+]Cc1cccs1. The second-order valence-corrected chi connectivity index (χ2v) is 5.91. The van der Waals surface area contributed by atoms with Gasteiger partial charge in [0.25, 0.3) is 0 Å². The van der Waals surface area contributed by atoms with E-state index in [9.17, 15) is 0 Å². The van der Waals surface area contributed by atoms with Crippen molar-refractivity contribution in [1.82, 2.24) is 0 Å². The molecule has 0 saturated heterocycles. The summed E-state index contributed by atoms with van der Waals surface area (Å²) < 4.78 is 6.74. The molecule has 1 aromatic carbocycles. The number of thiophene rings is 1. The Kier molecular flexibility index (Phi) is 5.23. The second kappa shape index (κ2) is 6.92. The first-order chi connectivity index (χ1) is 8.79. The van der Waals surface area contributed by atoms with Crippen molar-refractivity contribution in [2.45, 2.75) is 20.0 Å². The summed E-state index contributed by atoms with van der Waals surface area (Å²) in [6, 6.07) is 10.5. The van der Waals surface area contributed by atoms with Crippen LogP contribution in [0, 0.1) is 0 Å². The van der Waals surface area contributed by atoms with E-state index in [1.54, 1.807) is 11.3 Å². The molecular weight excluding hydrogens is 310 g/mol. The van der Waals surface area contributed by atoms with E-state index in [1.807, 2.05) is 19.1 Å². The van der Waals surface area contributed by atoms with Crippen LogP contribution in [0.2, 0.25) is 0 Å². The van der Waals surface area contributed by atoms with E-state index in [0.29, 0.717) is 6.61 Å². The van der Waals surface area contributed by atoms with Gasteiger partial charge in [0, 0.05) is 10.0 Å². The lowest BCUT2D eigenvalue weighted by Crippen LogP contribution is -2.80. The molecule has 2 N–H and O–H groups in total. The summed E-state index contributed by atoms with van der Waals surface area (Å²) in [6.45, 7) is 4.68. The summed E-state index contributed by atoms with van der Waals surface area (Å²) in [6.07, 6.45) is 0. The Hall–Kier alpha value is -0.840. The summed E-state index contributed by atoms with van der Waals surface area (Å²) in [5, 5.41) is 4.42. The normalized spacial score (nSPS) is 10.6. The van der Waals surface area contributed by atoms with Crippen LogP contribution < -0.4 is 10.1 Å². The molecule has 18 heavy (non-hydrogen) atoms. The zero-order chi connectivity index (χ0) is 12.8. The fourth-order valence-corrected chi connectivity index (χ4v) is 2.91. The van der Waals surface area contributed by atoms with Crippen LogP contribution in [0.3, 0.4) is 0 Å². The van der Waals surface area contributed by atoms with E-state index in [2.05, 4.69) is 44.8 Å². The highest BCUT2D eigenvalue weighted by Crippen LogP contribution is 2.22. The molecule has 2 aromatic rings. The largest absolute Gasteiger partial charge is 0.493 e. The molecule has 2 rings (SSSR count). The number of hydrogen-bond donors (Lipinski definition) is 1. The van der Waals surface area contributed by atoms with E-state index in [-0.39, 0.29) is 0 Å². The van der Waals surface area contributed by atoms with Gasteiger partial charge in [-0.25, -0.2) is 0 Å². The monoisotopic (exact) mass is 326 g/mol. The minimum absolute atomic E-state index is 0.708. The molecular formula is C14H17BrNOS+. The molecule has 0 fully saturated rings. The summed E-state index contributed by atoms with van der Waals surface area (Å²) >= 11 is 5.31. The maximum absolute atomic E-state index is 5.64. The molecule has 0 radical (unpaired) electrons. The lowest BCUT2D eigenvalue weighted by molar-refractivity contribution is -0.685. The number of quaternary nitrogens is 1. The van der Waals surface area contributed by atoms with E-state index in [0.717, 1.165) is 23.3 Å². The van der Waals surface area contributed by atoms with Crippen LogP contribution in [0.15, 0.2) is 40.2 Å². The molecule has 0 aliphatic carbocycles. The Labute approximate surface area is 120 Å². The van der Waals surface area contributed by atoms with Crippen LogP contribution in [0.4, 0.5) is 0 Å². The Morgan fingerprint density at radius 2 is 2.17 bits per heavy atom. The third-order valence-electron chi connectivity index (χ3n) is 2.61. The lowest BCUT2D eigenvalue weighted by Gasteiger charge is -2.09. The van der Waals surface area contributed by atoms with Gasteiger partial charge in [0.15, 0.2) is 0 Å². The Morgan fingerprint density at radius 3 is 2.89 bits per heavy atom. The smallest absolute Gasteiger partial charge is 0.128 e. The summed E-state index contributed by atoms with van der Waals surface area (Å²) in [5.41, 5.74) is 1.24. The van der Waals surface area contributed by atoms with Gasteiger partial charge >= 0.3 is 0 Å². The molecule has 0 unspecified atom stereocenters. The predicted octanol–water partition coefficient (Wildman–Crippen LogP) is 3.17. The van der Waals surface area contributed by atoms with Crippen molar-refractivity contribution in [2.24, 2.45) is 0 Å². The van der Waals surface area contributed by atoms with Crippen LogP contribution in [0.1, 0.15) is 17.4 Å². The van der Waals surface area contributed by atoms with Crippen molar-refractivity contribution in [1.29, 1.82) is 0 Å². The molecule has 0 aliphatic rings. The van der Waals surface area contributed by atoms with Gasteiger partial charge in [-0.05, 0) is 36.6 Å². The standard InChI is InChI=1S/C14H16BrNOS/c1-2-17-14-6-5-12(15)8-11(14)9-16-10-13-4-3-7-18-13/h3-8,16H,2,9-10H2,1H3/p+1. The predicted molar refractivity (Wildman–Crippen MR) is 79.0 cm³/mol. The van der Waals surface area contributed by atoms with Gasteiger partial charge in [-0.1, -0.05) is 22.0 Å². The number of rotatable bonds is 6. The zero-order valence-corrected chi connectivity index (χ0v) is 12.8. The van der Waals surface area contributed by atoms with Crippen LogP contribution >= 0.6 is 27.3 Å². The molecule has 1 aromatic heterocycles. The molecule has 96 valence electrons. The highest BCUT2D eigenvalue weighted by atomic mass is 79.9. The van der Waals surface area contributed by atoms with Gasteiger partial charge in [0.2, 0.25) is 0 Å². The number of nitrogens with two attached hydrogens (primary N) is 1. The van der Waals surface area contributed by atoms with Crippen LogP contribution in [-0.2, 0) is 13.1 Å². The molecule has 1 heterocycles. The van der Waals surface area contributed by atoms with E-state index >= 15 is 0 Å². The molecule has 0 atom stereocenters. The van der Waals surface area contributed by atoms with Crippen molar-refractivity contribution in [3.05, 3.63) is 50.6 Å². The van der Waals surface area contributed by atoms with Crippen molar-refractivity contribution >= 4 is 27.3 Å². The number of hydrogen-bond acceptors (Lipinski definition) is 2. The fourth-order valence-electron chi connectivity index (χ4n) is 1.80. The Bertz CT molecular complexity index is 485. The third-order valence-corrected chi connectivity index (χ3v) is 4.00. The second-order valence-electron chi connectivity index (χ2n) is 3.96. The van der Waals surface area contributed by atoms with Crippen LogP contribution in [0.5, 0.6) is 5.75 Å². The zero-order valence-electron chi connectivity index (χ0n) is 10.4. The van der Waals surface area contributed by atoms with Gasteiger partial charge in [0.05, 0.1) is 11.5 Å². The lowest BCUT2D eigenvalue weighted by atomic mass is 10.2. The average Bonchev–Trinajstić information content (AvgIpc) is 2.86. The molecule has 0 amide bonds. The highest BCUT2D eigenvalue weighted by Gasteiger charge is 2.06. The molecule has 2 nitrogen and oxygen atoms in total. The topological polar surface area (TPSA) is 25.8 Å². The van der Waals surface area contributed by atoms with Crippen molar-refractivity contribution in [3.8, 4) is 5.75 Å². The van der Waals surface area contributed by atoms with Crippen LogP contribution in [-0.4, -0.2) is 6.61 Å². The Morgan fingerprint density at radius 1 is 1.28 bits per heavy atom. The van der Waals surface area contributed by atoms with E-state index in [1.165, 1.54) is 10.4 Å². The van der Waals surface area contributed by atoms with Crippen molar-refractivity contribution < 1.29 is 10.1 Å². The number of halogens is 1. The van der Waals surface area contributed by atoms with Gasteiger partial charge in [-0.2, -0.15) is 0 Å². The molecule has 0 saturated carbocycles. The minimum atomic E-state index is 0.708. The molecule has 0 aliphatic heterocycles. The van der Waals surface area contributed by atoms with Crippen LogP contribution in [0.25, 0.3) is 0 Å². The fraction of sp³-hybridized carbons (Fsp3) is 0.286. The van der Waals surface area contributed by atoms with Crippen molar-refractivity contribution in [2.75, 3.05) is 6.61 Å². The first-order valence-corrected chi connectivity index (χ1v) is 7.72. The summed E-state index contributed by atoms with van der Waals surface area (Å²) in [7, 11) is 0. The Balaban J connectivity index is 1.96. The summed E-state index contributed by atoms with van der Waals surface area (Å²) in [5.74, 6) is 0.989. The average molecular weight is 327 g/mol. The minimum Gasteiger partial charge on any atom is -0.493 e. The van der Waals surface area contributed by atoms with E-state index in [4.69, 9.17) is 4.74 Å². The van der Waals surface area contributed by atoms with Gasteiger partial charge in [-0.3, -0.25) is 0 Å². The first kappa shape index (κ1) is 13.6. The maximum Gasteiger partial charge on any atom is 0.128 e. The molecule has 0 spiro atoms. The number of ether oxygens (including phenoxy) is 1. The first-order valence-electron chi connectivity index (χ1n) is 6.05. The van der Waals surface area contributed by atoms with E-state index < -0.39 is 0 Å². The van der Waals surface area contributed by atoms with Gasteiger partial charge < -0.3 is 10.1 Å². The summed E-state index contributed by atoms with van der Waals surface area (Å²) in [4.78, 5) is 1.41.